The number of hydrogen-bond acceptors (Lipinski definition) is 7. The van der Waals surface area contributed by atoms with E-state index < -0.39 is 24.5 Å². The molecule has 2 N–H and O–H groups in total. The van der Waals surface area contributed by atoms with E-state index in [1.807, 2.05) is 0 Å². The van der Waals surface area contributed by atoms with Gasteiger partial charge in [0.2, 0.25) is 17.1 Å². The van der Waals surface area contributed by atoms with Crippen LogP contribution in [0.1, 0.15) is 115 Å². The van der Waals surface area contributed by atoms with E-state index in [-0.39, 0.29) is 40.2 Å². The Morgan fingerprint density at radius 3 is 1.80 bits per heavy atom. The first kappa shape index (κ1) is 32.4. The van der Waals surface area contributed by atoms with Gasteiger partial charge in [-0.3, -0.25) is 9.59 Å². The fraction of sp³-hybridized carbons (Fsp3) is 0.744. The summed E-state index contributed by atoms with van der Waals surface area (Å²) < 4.78 is 7.73. The first-order valence-corrected chi connectivity index (χ1v) is 19.3. The Kier molecular flexibility index (Phi) is 7.78. The highest BCUT2D eigenvalue weighted by Gasteiger charge is 2.53. The number of amides is 2. The number of halogens is 1. The van der Waals surface area contributed by atoms with Crippen molar-refractivity contribution >= 4 is 40.3 Å². The molecule has 2 aromatic rings. The highest BCUT2D eigenvalue weighted by molar-refractivity contribution is 6.29. The number of aliphatic hydroxyl groups is 2. The summed E-state index contributed by atoms with van der Waals surface area (Å²) in [5.74, 6) is 6.92. The van der Waals surface area contributed by atoms with E-state index in [1.165, 1.54) is 81.9 Å². The molecule has 0 spiro atoms. The van der Waals surface area contributed by atoms with Gasteiger partial charge in [-0.2, -0.15) is 9.97 Å². The number of aromatic nitrogens is 3. The molecule has 0 aromatic carbocycles. The molecule has 10 heteroatoms. The van der Waals surface area contributed by atoms with Crippen molar-refractivity contribution < 1.29 is 24.5 Å². The molecule has 0 radical (unpaired) electrons. The Labute approximate surface area is 293 Å². The van der Waals surface area contributed by atoms with Gasteiger partial charge in [0.25, 0.3) is 0 Å². The van der Waals surface area contributed by atoms with E-state index in [4.69, 9.17) is 22.8 Å². The monoisotopic (exact) mass is 688 g/mol. The average molecular weight is 689 g/mol. The van der Waals surface area contributed by atoms with Crippen molar-refractivity contribution in [3.8, 4) is 12.3 Å². The van der Waals surface area contributed by atoms with Crippen LogP contribution >= 0.6 is 11.6 Å². The summed E-state index contributed by atoms with van der Waals surface area (Å²) in [6.45, 7) is -0.536. The third-order valence-corrected chi connectivity index (χ3v) is 14.6. The number of imide groups is 1. The zero-order valence-electron chi connectivity index (χ0n) is 28.4. The zero-order valence-corrected chi connectivity index (χ0v) is 29.1. The molecule has 8 aliphatic carbocycles. The summed E-state index contributed by atoms with van der Waals surface area (Å²) >= 11 is 6.58. The van der Waals surface area contributed by atoms with E-state index in [0.29, 0.717) is 23.9 Å². The summed E-state index contributed by atoms with van der Waals surface area (Å²) in [5.41, 5.74) is -0.743. The molecule has 8 saturated carbocycles. The van der Waals surface area contributed by atoms with Crippen molar-refractivity contribution in [1.82, 2.24) is 14.5 Å². The number of fused-ring (bicyclic) bond motifs is 1. The summed E-state index contributed by atoms with van der Waals surface area (Å²) in [7, 11) is 0. The lowest BCUT2D eigenvalue weighted by Crippen LogP contribution is -2.47. The molecular weight excluding hydrogens is 640 g/mol. The van der Waals surface area contributed by atoms with E-state index in [1.54, 1.807) is 16.8 Å². The van der Waals surface area contributed by atoms with Crippen LogP contribution in [0.15, 0.2) is 12.3 Å². The van der Waals surface area contributed by atoms with Gasteiger partial charge >= 0.3 is 0 Å². The third-order valence-electron chi connectivity index (χ3n) is 14.4. The average Bonchev–Trinajstić information content (AvgIpc) is 3.62. The van der Waals surface area contributed by atoms with Gasteiger partial charge in [0.1, 0.15) is 18.0 Å². The molecule has 3 heterocycles. The molecule has 262 valence electrons. The number of carbonyl (C=O) groups is 2. The molecule has 49 heavy (non-hydrogen) atoms. The minimum atomic E-state index is -1.53. The van der Waals surface area contributed by atoms with Crippen LogP contribution in [-0.4, -0.2) is 54.9 Å². The van der Waals surface area contributed by atoms with Gasteiger partial charge in [-0.1, -0.05) is 5.92 Å². The largest absolute Gasteiger partial charge is 0.392 e. The van der Waals surface area contributed by atoms with Crippen LogP contribution in [0.2, 0.25) is 5.28 Å². The maximum atomic E-state index is 14.5. The highest BCUT2D eigenvalue weighted by atomic mass is 35.5. The topological polar surface area (TPSA) is 118 Å². The summed E-state index contributed by atoms with van der Waals surface area (Å²) in [6, 6.07) is 1.78. The standard InChI is InChI=1S/C39H49ClN4O5/c1-2-39(22-45)30(46)15-33(49-39)43-8-5-29-34(43)41-36(40)42-35(29)44(31(47)3-6-37-16-23-9-24(17-37)11-25(10-23)18-37)32(48)4-7-38-19-26-12-27(20-38)14-28(13-26)21-38/h1,5,8,23-28,30,33,45-46H,3-4,6-7,9-22H2/t23?,24?,25?,26?,27?,28?,30-,33+,37?,38?,39+/m0/s1. The van der Waals surface area contributed by atoms with Crippen LogP contribution in [0.25, 0.3) is 11.0 Å². The fourth-order valence-electron chi connectivity index (χ4n) is 13.2. The molecule has 0 unspecified atom stereocenters. The van der Waals surface area contributed by atoms with Gasteiger partial charge in [-0.15, -0.1) is 6.42 Å². The van der Waals surface area contributed by atoms with E-state index in [9.17, 15) is 19.8 Å². The first-order chi connectivity index (χ1) is 23.6. The summed E-state index contributed by atoms with van der Waals surface area (Å²) in [6.07, 6.45) is 23.2. The smallest absolute Gasteiger partial charge is 0.235 e. The van der Waals surface area contributed by atoms with Crippen LogP contribution in [-0.2, 0) is 14.3 Å². The van der Waals surface area contributed by atoms with E-state index in [0.717, 1.165) is 48.3 Å². The van der Waals surface area contributed by atoms with Crippen LogP contribution in [0.3, 0.4) is 0 Å². The maximum Gasteiger partial charge on any atom is 0.235 e. The predicted molar refractivity (Wildman–Crippen MR) is 184 cm³/mol. The van der Waals surface area contributed by atoms with Crippen LogP contribution < -0.4 is 4.90 Å². The third kappa shape index (κ3) is 5.46. The molecule has 2 amide bonds. The van der Waals surface area contributed by atoms with Gasteiger partial charge in [-0.05, 0) is 154 Å². The fourth-order valence-corrected chi connectivity index (χ4v) is 13.3. The Morgan fingerprint density at radius 1 is 0.878 bits per heavy atom. The summed E-state index contributed by atoms with van der Waals surface area (Å²) in [4.78, 5) is 39.4. The number of anilines is 1. The summed E-state index contributed by atoms with van der Waals surface area (Å²) in [5, 5.41) is 21.1. The molecule has 2 aromatic heterocycles. The van der Waals surface area contributed by atoms with Crippen molar-refractivity contribution in [2.45, 2.75) is 127 Å². The molecule has 1 aliphatic heterocycles. The van der Waals surface area contributed by atoms with Crippen LogP contribution in [0.4, 0.5) is 5.82 Å². The number of nitrogens with zero attached hydrogens (tertiary/aromatic N) is 4. The minimum absolute atomic E-state index is 0.0841. The normalized spacial score (nSPS) is 41.4. The second kappa shape index (κ2) is 11.8. The molecule has 9 fully saturated rings. The SMILES string of the molecule is C#C[C@]1(CO)O[C@@H](n2ccc3c(N(C(=O)CCC45CC6CC(CC(C6)C4)C5)C(=O)CCC45CC6CC(CC(C6)C4)C5)nc(Cl)nc32)C[C@@H]1O. The van der Waals surface area contributed by atoms with Gasteiger partial charge in [0, 0.05) is 25.5 Å². The second-order valence-electron chi connectivity index (χ2n) is 17.8. The lowest BCUT2D eigenvalue weighted by atomic mass is 9.48. The Morgan fingerprint density at radius 2 is 1.37 bits per heavy atom. The number of hydrogen-bond donors (Lipinski definition) is 2. The number of rotatable bonds is 9. The van der Waals surface area contributed by atoms with Crippen molar-refractivity contribution in [1.29, 1.82) is 0 Å². The molecule has 11 rings (SSSR count). The van der Waals surface area contributed by atoms with Crippen molar-refractivity contribution in [2.75, 3.05) is 11.5 Å². The lowest BCUT2D eigenvalue weighted by molar-refractivity contribution is -0.129. The quantitative estimate of drug-likeness (QED) is 0.226. The number of aliphatic hydroxyl groups excluding tert-OH is 2. The molecule has 8 bridgehead atoms. The van der Waals surface area contributed by atoms with Gasteiger partial charge < -0.3 is 19.5 Å². The van der Waals surface area contributed by atoms with Crippen molar-refractivity contribution in [3.63, 3.8) is 0 Å². The number of ether oxygens (including phenoxy) is 1. The van der Waals surface area contributed by atoms with Gasteiger partial charge in [0.05, 0.1) is 12.0 Å². The molecule has 1 saturated heterocycles. The Balaban J connectivity index is 1.02. The zero-order chi connectivity index (χ0) is 33.7. The number of terminal acetylenes is 1. The Bertz CT molecular complexity index is 1580. The molecule has 9 aliphatic rings. The van der Waals surface area contributed by atoms with E-state index in [2.05, 4.69) is 15.9 Å². The van der Waals surface area contributed by atoms with Crippen LogP contribution in [0, 0.1) is 58.7 Å². The minimum Gasteiger partial charge on any atom is -0.392 e. The molecule has 3 atom stereocenters. The number of carbonyl (C=O) groups excluding carboxylic acids is 2. The van der Waals surface area contributed by atoms with E-state index >= 15 is 0 Å². The molecular formula is C39H49ClN4O5. The van der Waals surface area contributed by atoms with Gasteiger partial charge in [0.15, 0.2) is 11.4 Å². The van der Waals surface area contributed by atoms with Crippen molar-refractivity contribution in [2.24, 2.45) is 46.3 Å². The molecule has 9 nitrogen and oxygen atoms in total. The van der Waals surface area contributed by atoms with Crippen LogP contribution in [0.5, 0.6) is 0 Å². The second-order valence-corrected chi connectivity index (χ2v) is 18.1. The Hall–Kier alpha value is -2.51. The first-order valence-electron chi connectivity index (χ1n) is 18.9. The van der Waals surface area contributed by atoms with Gasteiger partial charge in [-0.25, -0.2) is 4.90 Å². The highest BCUT2D eigenvalue weighted by Crippen LogP contribution is 2.63. The van der Waals surface area contributed by atoms with Crippen molar-refractivity contribution in [3.05, 3.63) is 17.5 Å². The predicted octanol–water partition coefficient (Wildman–Crippen LogP) is 6.58. The maximum absolute atomic E-state index is 14.5. The lowest BCUT2D eigenvalue weighted by Gasteiger charge is -2.57.